The molecule has 0 saturated heterocycles. The Labute approximate surface area is 110 Å². The largest absolute Gasteiger partial charge is 0.348 e. The molecular formula is C15H24N2O. The first-order valence-corrected chi connectivity index (χ1v) is 6.47. The minimum atomic E-state index is -0.490. The Kier molecular flexibility index (Phi) is 4.91. The van der Waals surface area contributed by atoms with E-state index in [0.717, 1.165) is 12.0 Å². The van der Waals surface area contributed by atoms with Crippen molar-refractivity contribution in [1.29, 1.82) is 0 Å². The third-order valence-corrected chi connectivity index (χ3v) is 3.14. The van der Waals surface area contributed by atoms with Gasteiger partial charge in [-0.3, -0.25) is 4.79 Å². The van der Waals surface area contributed by atoms with Crippen LogP contribution in [0.5, 0.6) is 0 Å². The van der Waals surface area contributed by atoms with Gasteiger partial charge in [-0.25, -0.2) is 0 Å². The molecule has 0 fully saturated rings. The molecule has 0 aliphatic heterocycles. The maximum atomic E-state index is 12.1. The molecule has 0 aliphatic carbocycles. The van der Waals surface area contributed by atoms with Gasteiger partial charge in [0.05, 0.1) is 12.1 Å². The van der Waals surface area contributed by atoms with Gasteiger partial charge >= 0.3 is 0 Å². The van der Waals surface area contributed by atoms with Crippen LogP contribution in [0.4, 0.5) is 0 Å². The lowest BCUT2D eigenvalue weighted by Gasteiger charge is -2.28. The summed E-state index contributed by atoms with van der Waals surface area (Å²) < 4.78 is 0. The Morgan fingerprint density at radius 3 is 2.28 bits per heavy atom. The summed E-state index contributed by atoms with van der Waals surface area (Å²) in [7, 11) is 0. The van der Waals surface area contributed by atoms with E-state index < -0.39 is 6.04 Å². The Bertz CT molecular complexity index is 381. The number of hydrogen-bond acceptors (Lipinski definition) is 2. The van der Waals surface area contributed by atoms with Crippen LogP contribution in [0, 0.1) is 5.41 Å². The number of benzene rings is 1. The highest BCUT2D eigenvalue weighted by atomic mass is 16.2. The third-order valence-electron chi connectivity index (χ3n) is 3.14. The molecule has 100 valence electrons. The SMILES string of the molecule is CC[C@@H](NC(=O)[C@@H](N)C(C)(C)C)c1ccccc1. The normalized spacial score (nSPS) is 14.9. The van der Waals surface area contributed by atoms with E-state index >= 15 is 0 Å². The number of rotatable bonds is 4. The second-order valence-electron chi connectivity index (χ2n) is 5.72. The van der Waals surface area contributed by atoms with Crippen molar-refractivity contribution in [3.63, 3.8) is 0 Å². The molecule has 18 heavy (non-hydrogen) atoms. The second-order valence-corrected chi connectivity index (χ2v) is 5.72. The molecule has 1 aromatic carbocycles. The molecule has 0 bridgehead atoms. The highest BCUT2D eigenvalue weighted by Crippen LogP contribution is 2.20. The molecule has 0 spiro atoms. The first kappa shape index (κ1) is 14.7. The molecule has 0 aliphatic rings. The van der Waals surface area contributed by atoms with Gasteiger partial charge in [-0.05, 0) is 17.4 Å². The minimum Gasteiger partial charge on any atom is -0.348 e. The van der Waals surface area contributed by atoms with Crippen molar-refractivity contribution in [1.82, 2.24) is 5.32 Å². The van der Waals surface area contributed by atoms with Crippen LogP contribution >= 0.6 is 0 Å². The van der Waals surface area contributed by atoms with E-state index in [1.165, 1.54) is 0 Å². The Balaban J connectivity index is 2.73. The maximum Gasteiger partial charge on any atom is 0.237 e. The first-order chi connectivity index (χ1) is 8.36. The summed E-state index contributed by atoms with van der Waals surface area (Å²) >= 11 is 0. The molecule has 1 aromatic rings. The quantitative estimate of drug-likeness (QED) is 0.860. The summed E-state index contributed by atoms with van der Waals surface area (Å²) in [5, 5.41) is 3.03. The summed E-state index contributed by atoms with van der Waals surface area (Å²) in [6.07, 6.45) is 0.854. The van der Waals surface area contributed by atoms with Crippen LogP contribution in [-0.4, -0.2) is 11.9 Å². The molecule has 1 rings (SSSR count). The summed E-state index contributed by atoms with van der Waals surface area (Å²) in [5.74, 6) is -0.0850. The van der Waals surface area contributed by atoms with E-state index in [1.807, 2.05) is 51.1 Å². The van der Waals surface area contributed by atoms with Gasteiger partial charge < -0.3 is 11.1 Å². The van der Waals surface area contributed by atoms with E-state index in [-0.39, 0.29) is 17.4 Å². The highest BCUT2D eigenvalue weighted by Gasteiger charge is 2.28. The fourth-order valence-corrected chi connectivity index (χ4v) is 1.76. The van der Waals surface area contributed by atoms with Crippen molar-refractivity contribution in [2.45, 2.75) is 46.2 Å². The second kappa shape index (κ2) is 6.01. The van der Waals surface area contributed by atoms with Gasteiger partial charge in [0.2, 0.25) is 5.91 Å². The first-order valence-electron chi connectivity index (χ1n) is 6.47. The average molecular weight is 248 g/mol. The van der Waals surface area contributed by atoms with E-state index in [9.17, 15) is 4.79 Å². The summed E-state index contributed by atoms with van der Waals surface area (Å²) in [4.78, 5) is 12.1. The van der Waals surface area contributed by atoms with Gasteiger partial charge in [0.15, 0.2) is 0 Å². The number of nitrogens with two attached hydrogens (primary N) is 1. The summed E-state index contributed by atoms with van der Waals surface area (Å²) in [5.41, 5.74) is 6.86. The van der Waals surface area contributed by atoms with E-state index in [0.29, 0.717) is 0 Å². The molecule has 3 N–H and O–H groups in total. The molecule has 1 amide bonds. The predicted molar refractivity (Wildman–Crippen MR) is 75.0 cm³/mol. The Morgan fingerprint density at radius 1 is 1.28 bits per heavy atom. The smallest absolute Gasteiger partial charge is 0.237 e. The fourth-order valence-electron chi connectivity index (χ4n) is 1.76. The lowest BCUT2D eigenvalue weighted by molar-refractivity contribution is -0.125. The zero-order chi connectivity index (χ0) is 13.8. The van der Waals surface area contributed by atoms with Gasteiger partial charge in [-0.1, -0.05) is 58.0 Å². The number of nitrogens with one attached hydrogen (secondary N) is 1. The van der Waals surface area contributed by atoms with Gasteiger partial charge in [-0.2, -0.15) is 0 Å². The highest BCUT2D eigenvalue weighted by molar-refractivity contribution is 5.82. The average Bonchev–Trinajstić information content (AvgIpc) is 2.34. The van der Waals surface area contributed by atoms with Crippen LogP contribution in [0.25, 0.3) is 0 Å². The monoisotopic (exact) mass is 248 g/mol. The maximum absolute atomic E-state index is 12.1. The fraction of sp³-hybridized carbons (Fsp3) is 0.533. The zero-order valence-electron chi connectivity index (χ0n) is 11.7. The molecule has 0 aromatic heterocycles. The van der Waals surface area contributed by atoms with Crippen molar-refractivity contribution in [2.24, 2.45) is 11.1 Å². The van der Waals surface area contributed by atoms with E-state index in [4.69, 9.17) is 5.73 Å². The summed E-state index contributed by atoms with van der Waals surface area (Å²) in [6, 6.07) is 9.52. The van der Waals surface area contributed by atoms with Crippen molar-refractivity contribution >= 4 is 5.91 Å². The van der Waals surface area contributed by atoms with Crippen LogP contribution in [-0.2, 0) is 4.79 Å². The number of hydrogen-bond donors (Lipinski definition) is 2. The molecular weight excluding hydrogens is 224 g/mol. The third kappa shape index (κ3) is 3.84. The molecule has 0 saturated carbocycles. The molecule has 0 heterocycles. The lowest BCUT2D eigenvalue weighted by Crippen LogP contribution is -2.49. The van der Waals surface area contributed by atoms with Crippen molar-refractivity contribution in [2.75, 3.05) is 0 Å². The lowest BCUT2D eigenvalue weighted by atomic mass is 9.86. The Hall–Kier alpha value is -1.35. The van der Waals surface area contributed by atoms with Crippen molar-refractivity contribution in [3.05, 3.63) is 35.9 Å². The van der Waals surface area contributed by atoms with Crippen molar-refractivity contribution in [3.8, 4) is 0 Å². The van der Waals surface area contributed by atoms with Crippen LogP contribution in [0.2, 0.25) is 0 Å². The number of carbonyl (C=O) groups is 1. The van der Waals surface area contributed by atoms with Gasteiger partial charge in [0.25, 0.3) is 0 Å². The van der Waals surface area contributed by atoms with Crippen LogP contribution in [0.3, 0.4) is 0 Å². The molecule has 3 nitrogen and oxygen atoms in total. The van der Waals surface area contributed by atoms with Crippen LogP contribution in [0.1, 0.15) is 45.7 Å². The summed E-state index contributed by atoms with van der Waals surface area (Å²) in [6.45, 7) is 7.97. The van der Waals surface area contributed by atoms with Gasteiger partial charge in [0.1, 0.15) is 0 Å². The van der Waals surface area contributed by atoms with E-state index in [2.05, 4.69) is 12.2 Å². The topological polar surface area (TPSA) is 55.1 Å². The van der Waals surface area contributed by atoms with Crippen LogP contribution < -0.4 is 11.1 Å². The predicted octanol–water partition coefficient (Wildman–Crippen LogP) is 2.63. The van der Waals surface area contributed by atoms with Gasteiger partial charge in [-0.15, -0.1) is 0 Å². The molecule has 2 atom stereocenters. The zero-order valence-corrected chi connectivity index (χ0v) is 11.7. The molecule has 3 heteroatoms. The molecule has 0 unspecified atom stereocenters. The standard InChI is InChI=1S/C15H24N2O/c1-5-12(11-9-7-6-8-10-11)17-14(18)13(16)15(2,3)4/h6-10,12-13H,5,16H2,1-4H3,(H,17,18)/t12-,13-/m1/s1. The molecule has 0 radical (unpaired) electrons. The number of carbonyl (C=O) groups excluding carboxylic acids is 1. The van der Waals surface area contributed by atoms with Gasteiger partial charge in [0, 0.05) is 0 Å². The number of amides is 1. The Morgan fingerprint density at radius 2 is 1.83 bits per heavy atom. The van der Waals surface area contributed by atoms with Crippen molar-refractivity contribution < 1.29 is 4.79 Å². The van der Waals surface area contributed by atoms with E-state index in [1.54, 1.807) is 0 Å². The minimum absolute atomic E-state index is 0.0344. The van der Waals surface area contributed by atoms with Crippen LogP contribution in [0.15, 0.2) is 30.3 Å².